The van der Waals surface area contributed by atoms with E-state index in [1.807, 2.05) is 0 Å². The van der Waals surface area contributed by atoms with Gasteiger partial charge in [-0.05, 0) is 5.41 Å². The van der Waals surface area contributed by atoms with Gasteiger partial charge in [0.05, 0.1) is 6.33 Å². The Morgan fingerprint density at radius 3 is 2.41 bits per heavy atom. The number of nitrogens with one attached hydrogen (secondary N) is 1. The van der Waals surface area contributed by atoms with E-state index >= 15 is 0 Å². The third-order valence-corrected chi connectivity index (χ3v) is 2.33. The molecule has 1 aromatic heterocycles. The van der Waals surface area contributed by atoms with Gasteiger partial charge in [-0.3, -0.25) is 4.79 Å². The molecule has 0 saturated heterocycles. The first-order valence-corrected chi connectivity index (χ1v) is 5.23. The molecule has 0 aliphatic rings. The second kappa shape index (κ2) is 4.57. The van der Waals surface area contributed by atoms with E-state index in [9.17, 15) is 9.59 Å². The Kier molecular flexibility index (Phi) is 3.55. The van der Waals surface area contributed by atoms with E-state index in [1.54, 1.807) is 32.4 Å². The van der Waals surface area contributed by atoms with Crippen molar-refractivity contribution in [1.82, 2.24) is 14.9 Å². The van der Waals surface area contributed by atoms with Crippen molar-refractivity contribution in [1.29, 1.82) is 0 Å². The summed E-state index contributed by atoms with van der Waals surface area (Å²) in [4.78, 5) is 26.7. The van der Waals surface area contributed by atoms with Crippen molar-refractivity contribution in [3.05, 3.63) is 18.2 Å². The van der Waals surface area contributed by atoms with Crippen LogP contribution >= 0.6 is 0 Å². The maximum Gasteiger partial charge on any atom is 0.326 e. The minimum atomic E-state index is -1.05. The molecule has 0 bridgehead atoms. The smallest absolute Gasteiger partial charge is 0.326 e. The number of rotatable bonds is 3. The molecule has 0 aromatic carbocycles. The molecule has 0 saturated carbocycles. The molecule has 94 valence electrons. The standard InChI is InChI=1S/C11H17N3O3/c1-11(2,3)8(10(16)17)13-9(15)7-5-14(4)6-12-7/h5-6,8H,1-4H3,(H,13,15)(H,16,17). The molecule has 1 aromatic rings. The average molecular weight is 239 g/mol. The largest absolute Gasteiger partial charge is 0.480 e. The van der Waals surface area contributed by atoms with Crippen molar-refractivity contribution in [3.63, 3.8) is 0 Å². The minimum Gasteiger partial charge on any atom is -0.480 e. The molecule has 17 heavy (non-hydrogen) atoms. The number of carbonyl (C=O) groups is 2. The van der Waals surface area contributed by atoms with Crippen molar-refractivity contribution in [3.8, 4) is 0 Å². The lowest BCUT2D eigenvalue weighted by molar-refractivity contribution is -0.142. The maximum atomic E-state index is 11.8. The molecule has 2 N–H and O–H groups in total. The highest BCUT2D eigenvalue weighted by Crippen LogP contribution is 2.19. The summed E-state index contributed by atoms with van der Waals surface area (Å²) in [6, 6.07) is -0.947. The van der Waals surface area contributed by atoms with E-state index in [1.165, 1.54) is 12.5 Å². The number of imidazole rings is 1. The molecule has 1 unspecified atom stereocenters. The van der Waals surface area contributed by atoms with Gasteiger partial charge in [0.2, 0.25) is 0 Å². The predicted octanol–water partition coefficient (Wildman–Crippen LogP) is 0.649. The summed E-state index contributed by atoms with van der Waals surface area (Å²) in [5.41, 5.74) is -0.348. The van der Waals surface area contributed by atoms with E-state index in [4.69, 9.17) is 5.11 Å². The van der Waals surface area contributed by atoms with Gasteiger partial charge in [0.1, 0.15) is 11.7 Å². The lowest BCUT2D eigenvalue weighted by Gasteiger charge is -2.27. The number of nitrogens with zero attached hydrogens (tertiary/aromatic N) is 2. The zero-order chi connectivity index (χ0) is 13.2. The monoisotopic (exact) mass is 239 g/mol. The molecule has 0 spiro atoms. The van der Waals surface area contributed by atoms with Gasteiger partial charge in [-0.1, -0.05) is 20.8 Å². The molecule has 1 atom stereocenters. The normalized spacial score (nSPS) is 13.2. The Bertz CT molecular complexity index is 431. The van der Waals surface area contributed by atoms with E-state index in [-0.39, 0.29) is 5.69 Å². The van der Waals surface area contributed by atoms with Crippen molar-refractivity contribution < 1.29 is 14.7 Å². The van der Waals surface area contributed by atoms with E-state index in [2.05, 4.69) is 10.3 Å². The number of carbonyl (C=O) groups excluding carboxylic acids is 1. The predicted molar refractivity (Wildman–Crippen MR) is 61.6 cm³/mol. The minimum absolute atomic E-state index is 0.211. The van der Waals surface area contributed by atoms with Gasteiger partial charge in [0, 0.05) is 13.2 Å². The van der Waals surface area contributed by atoms with Gasteiger partial charge in [-0.2, -0.15) is 0 Å². The fraction of sp³-hybridized carbons (Fsp3) is 0.545. The SMILES string of the molecule is Cn1cnc(C(=O)NC(C(=O)O)C(C)(C)C)c1. The fourth-order valence-electron chi connectivity index (χ4n) is 1.38. The summed E-state index contributed by atoms with van der Waals surface area (Å²) < 4.78 is 1.63. The van der Waals surface area contributed by atoms with Crippen LogP contribution in [0.3, 0.4) is 0 Å². The molecule has 0 aliphatic carbocycles. The average Bonchev–Trinajstić information content (AvgIpc) is 2.58. The number of aliphatic carboxylic acids is 1. The van der Waals surface area contributed by atoms with E-state index in [0.29, 0.717) is 0 Å². The first kappa shape index (κ1) is 13.2. The highest BCUT2D eigenvalue weighted by molar-refractivity contribution is 5.94. The molecule has 1 amide bonds. The van der Waals surface area contributed by atoms with Crippen LogP contribution in [0.5, 0.6) is 0 Å². The van der Waals surface area contributed by atoms with Gasteiger partial charge in [-0.15, -0.1) is 0 Å². The van der Waals surface area contributed by atoms with E-state index < -0.39 is 23.3 Å². The summed E-state index contributed by atoms with van der Waals surface area (Å²) in [6.45, 7) is 5.26. The molecular weight excluding hydrogens is 222 g/mol. The third-order valence-electron chi connectivity index (χ3n) is 2.33. The number of hydrogen-bond acceptors (Lipinski definition) is 3. The molecule has 1 rings (SSSR count). The molecule has 0 radical (unpaired) electrons. The Labute approximate surface area is 99.7 Å². The van der Waals surface area contributed by atoms with Crippen molar-refractivity contribution >= 4 is 11.9 Å². The highest BCUT2D eigenvalue weighted by atomic mass is 16.4. The molecule has 0 fully saturated rings. The van der Waals surface area contributed by atoms with Gasteiger partial charge >= 0.3 is 5.97 Å². The van der Waals surface area contributed by atoms with Crippen LogP contribution in [0, 0.1) is 5.41 Å². The number of carboxylic acids is 1. The Morgan fingerprint density at radius 2 is 2.06 bits per heavy atom. The first-order valence-electron chi connectivity index (χ1n) is 5.23. The van der Waals surface area contributed by atoms with Gasteiger partial charge < -0.3 is 15.0 Å². The second-order valence-electron chi connectivity index (χ2n) is 5.04. The van der Waals surface area contributed by atoms with Crippen molar-refractivity contribution in [2.45, 2.75) is 26.8 Å². The molecular formula is C11H17N3O3. The molecule has 0 aliphatic heterocycles. The second-order valence-corrected chi connectivity index (χ2v) is 5.04. The zero-order valence-corrected chi connectivity index (χ0v) is 10.4. The van der Waals surface area contributed by atoms with Crippen LogP contribution < -0.4 is 5.32 Å². The number of aryl methyl sites for hydroxylation is 1. The summed E-state index contributed by atoms with van der Waals surface area (Å²) in [6.07, 6.45) is 3.03. The summed E-state index contributed by atoms with van der Waals surface area (Å²) in [5, 5.41) is 11.5. The quantitative estimate of drug-likeness (QED) is 0.811. The van der Waals surface area contributed by atoms with Crippen LogP contribution in [0.1, 0.15) is 31.3 Å². The maximum absolute atomic E-state index is 11.8. The first-order chi connectivity index (χ1) is 7.71. The summed E-state index contributed by atoms with van der Waals surface area (Å²) in [7, 11) is 1.74. The summed E-state index contributed by atoms with van der Waals surface area (Å²) >= 11 is 0. The number of hydrogen-bond donors (Lipinski definition) is 2. The number of amides is 1. The Hall–Kier alpha value is -1.85. The summed E-state index contributed by atoms with van der Waals surface area (Å²) in [5.74, 6) is -1.53. The van der Waals surface area contributed by atoms with Crippen LogP contribution in [-0.2, 0) is 11.8 Å². The van der Waals surface area contributed by atoms with Crippen LogP contribution in [0.15, 0.2) is 12.5 Å². The van der Waals surface area contributed by atoms with Crippen molar-refractivity contribution in [2.75, 3.05) is 0 Å². The fourth-order valence-corrected chi connectivity index (χ4v) is 1.38. The molecule has 1 heterocycles. The van der Waals surface area contributed by atoms with Gasteiger partial charge in [-0.25, -0.2) is 9.78 Å². The van der Waals surface area contributed by atoms with Crippen LogP contribution in [-0.4, -0.2) is 32.6 Å². The number of aromatic nitrogens is 2. The van der Waals surface area contributed by atoms with Crippen LogP contribution in [0.2, 0.25) is 0 Å². The molecule has 6 nitrogen and oxygen atoms in total. The van der Waals surface area contributed by atoms with E-state index in [0.717, 1.165) is 0 Å². The number of carboxylic acid groups (broad SMARTS) is 1. The van der Waals surface area contributed by atoms with Crippen LogP contribution in [0.4, 0.5) is 0 Å². The van der Waals surface area contributed by atoms with Crippen LogP contribution in [0.25, 0.3) is 0 Å². The topological polar surface area (TPSA) is 84.2 Å². The third kappa shape index (κ3) is 3.30. The Morgan fingerprint density at radius 1 is 1.47 bits per heavy atom. The zero-order valence-electron chi connectivity index (χ0n) is 10.4. The lowest BCUT2D eigenvalue weighted by atomic mass is 9.87. The highest BCUT2D eigenvalue weighted by Gasteiger charge is 2.33. The molecule has 6 heteroatoms. The van der Waals surface area contributed by atoms with Gasteiger partial charge in [0.25, 0.3) is 5.91 Å². The van der Waals surface area contributed by atoms with Gasteiger partial charge in [0.15, 0.2) is 0 Å². The van der Waals surface area contributed by atoms with Crippen molar-refractivity contribution in [2.24, 2.45) is 12.5 Å². The Balaban J connectivity index is 2.82. The lowest BCUT2D eigenvalue weighted by Crippen LogP contribution is -2.49.